The van der Waals surface area contributed by atoms with Crippen LogP contribution in [0.2, 0.25) is 0 Å². The molecule has 0 spiro atoms. The van der Waals surface area contributed by atoms with Gasteiger partial charge in [0.25, 0.3) is 0 Å². The van der Waals surface area contributed by atoms with Gasteiger partial charge in [0.2, 0.25) is 0 Å². The summed E-state index contributed by atoms with van der Waals surface area (Å²) >= 11 is 0. The molecule has 0 saturated carbocycles. The van der Waals surface area contributed by atoms with Gasteiger partial charge in [0, 0.05) is 19.6 Å². The van der Waals surface area contributed by atoms with E-state index in [1.54, 1.807) is 0 Å². The van der Waals surface area contributed by atoms with E-state index in [0.29, 0.717) is 6.42 Å². The van der Waals surface area contributed by atoms with Gasteiger partial charge in [-0.05, 0) is 17.5 Å². The molecule has 124 valence electrons. The third kappa shape index (κ3) is 4.33. The minimum absolute atomic E-state index is 0. The first-order valence-corrected chi connectivity index (χ1v) is 7.92. The van der Waals surface area contributed by atoms with Gasteiger partial charge < -0.3 is 9.84 Å². The number of aliphatic hydroxyl groups is 1. The maximum absolute atomic E-state index is 11.4. The summed E-state index contributed by atoms with van der Waals surface area (Å²) in [6.45, 7) is 4.33. The van der Waals surface area contributed by atoms with Crippen molar-refractivity contribution < 1.29 is 9.84 Å². The van der Waals surface area contributed by atoms with Crippen LogP contribution in [0.3, 0.4) is 0 Å². The Bertz CT molecular complexity index is 531. The smallest absolute Gasteiger partial charge is 0.116 e. The number of benzene rings is 2. The SMILES string of the molecule is Cl.OC(CCN1CCOCC1)(c1ccccc1)c1ccccc1. The predicted octanol–water partition coefficient (Wildman–Crippen LogP) is 3.07. The molecular weight excluding hydrogens is 310 g/mol. The van der Waals surface area contributed by atoms with Gasteiger partial charge in [0.15, 0.2) is 0 Å². The Morgan fingerprint density at radius 3 is 1.83 bits per heavy atom. The summed E-state index contributed by atoms with van der Waals surface area (Å²) in [5.41, 5.74) is 0.963. The Hall–Kier alpha value is -1.39. The molecule has 23 heavy (non-hydrogen) atoms. The Balaban J connectivity index is 0.00000192. The summed E-state index contributed by atoms with van der Waals surface area (Å²) in [5.74, 6) is 0. The molecule has 0 unspecified atom stereocenters. The van der Waals surface area contributed by atoms with Gasteiger partial charge in [-0.25, -0.2) is 0 Å². The molecule has 2 aromatic rings. The topological polar surface area (TPSA) is 32.7 Å². The maximum Gasteiger partial charge on any atom is 0.116 e. The highest BCUT2D eigenvalue weighted by Gasteiger charge is 2.31. The molecule has 1 saturated heterocycles. The van der Waals surface area contributed by atoms with E-state index in [2.05, 4.69) is 4.90 Å². The second kappa shape index (κ2) is 8.46. The lowest BCUT2D eigenvalue weighted by Gasteiger charge is -2.33. The molecule has 0 bridgehead atoms. The van der Waals surface area contributed by atoms with Crippen molar-refractivity contribution in [1.29, 1.82) is 0 Å². The Kier molecular flexibility index (Phi) is 6.60. The summed E-state index contributed by atoms with van der Waals surface area (Å²) < 4.78 is 5.40. The monoisotopic (exact) mass is 333 g/mol. The summed E-state index contributed by atoms with van der Waals surface area (Å²) in [5, 5.41) is 11.4. The van der Waals surface area contributed by atoms with Gasteiger partial charge in [0.05, 0.1) is 13.2 Å². The molecule has 3 rings (SSSR count). The van der Waals surface area contributed by atoms with E-state index in [4.69, 9.17) is 4.74 Å². The highest BCUT2D eigenvalue weighted by Crippen LogP contribution is 2.33. The second-order valence-electron chi connectivity index (χ2n) is 5.80. The zero-order valence-corrected chi connectivity index (χ0v) is 14.0. The highest BCUT2D eigenvalue weighted by molar-refractivity contribution is 5.85. The van der Waals surface area contributed by atoms with Gasteiger partial charge in [-0.2, -0.15) is 0 Å². The van der Waals surface area contributed by atoms with Gasteiger partial charge >= 0.3 is 0 Å². The fourth-order valence-electron chi connectivity index (χ4n) is 3.03. The standard InChI is InChI=1S/C19H23NO2.ClH/c21-19(17-7-3-1-4-8-17,18-9-5-2-6-10-18)11-12-20-13-15-22-16-14-20;/h1-10,21H,11-16H2;1H. The Morgan fingerprint density at radius 2 is 1.35 bits per heavy atom. The minimum Gasteiger partial charge on any atom is -0.380 e. The van der Waals surface area contributed by atoms with Crippen molar-refractivity contribution in [3.05, 3.63) is 71.8 Å². The maximum atomic E-state index is 11.4. The third-order valence-electron chi connectivity index (χ3n) is 4.40. The van der Waals surface area contributed by atoms with Crippen molar-refractivity contribution in [2.75, 3.05) is 32.8 Å². The first kappa shape index (κ1) is 18.0. The highest BCUT2D eigenvalue weighted by atomic mass is 35.5. The van der Waals surface area contributed by atoms with Gasteiger partial charge in [-0.3, -0.25) is 4.90 Å². The van der Waals surface area contributed by atoms with E-state index in [1.807, 2.05) is 60.7 Å². The van der Waals surface area contributed by atoms with Crippen LogP contribution in [0.4, 0.5) is 0 Å². The molecule has 1 aliphatic rings. The number of hydrogen-bond donors (Lipinski definition) is 1. The number of hydrogen-bond acceptors (Lipinski definition) is 3. The van der Waals surface area contributed by atoms with Crippen LogP contribution in [-0.4, -0.2) is 42.9 Å². The molecule has 0 amide bonds. The van der Waals surface area contributed by atoms with E-state index in [-0.39, 0.29) is 12.4 Å². The summed E-state index contributed by atoms with van der Waals surface area (Å²) in [6.07, 6.45) is 0.682. The summed E-state index contributed by atoms with van der Waals surface area (Å²) in [4.78, 5) is 2.36. The van der Waals surface area contributed by atoms with Crippen LogP contribution < -0.4 is 0 Å². The fourth-order valence-corrected chi connectivity index (χ4v) is 3.03. The molecule has 0 radical (unpaired) electrons. The average Bonchev–Trinajstić information content (AvgIpc) is 2.62. The summed E-state index contributed by atoms with van der Waals surface area (Å²) in [6, 6.07) is 19.9. The number of morpholine rings is 1. The molecule has 1 aliphatic heterocycles. The zero-order chi connectivity index (χ0) is 15.3. The molecule has 3 nitrogen and oxygen atoms in total. The Labute approximate surface area is 144 Å². The van der Waals surface area contributed by atoms with Crippen LogP contribution in [0.1, 0.15) is 17.5 Å². The van der Waals surface area contributed by atoms with Crippen molar-refractivity contribution in [3.8, 4) is 0 Å². The summed E-state index contributed by atoms with van der Waals surface area (Å²) in [7, 11) is 0. The van der Waals surface area contributed by atoms with Crippen LogP contribution in [0.5, 0.6) is 0 Å². The van der Waals surface area contributed by atoms with Gasteiger partial charge in [-0.15, -0.1) is 12.4 Å². The molecule has 2 aromatic carbocycles. The molecule has 1 fully saturated rings. The van der Waals surface area contributed by atoms with Crippen LogP contribution in [0.25, 0.3) is 0 Å². The minimum atomic E-state index is -0.944. The molecular formula is C19H24ClNO2. The van der Waals surface area contributed by atoms with Crippen molar-refractivity contribution in [2.24, 2.45) is 0 Å². The quantitative estimate of drug-likeness (QED) is 0.912. The molecule has 4 heteroatoms. The number of nitrogens with zero attached hydrogens (tertiary/aromatic N) is 1. The second-order valence-corrected chi connectivity index (χ2v) is 5.80. The Morgan fingerprint density at radius 1 is 0.870 bits per heavy atom. The normalized spacial score (nSPS) is 15.9. The number of rotatable bonds is 5. The van der Waals surface area contributed by atoms with Crippen LogP contribution in [0.15, 0.2) is 60.7 Å². The van der Waals surface area contributed by atoms with Crippen molar-refractivity contribution in [2.45, 2.75) is 12.0 Å². The van der Waals surface area contributed by atoms with Crippen LogP contribution in [-0.2, 0) is 10.3 Å². The lowest BCUT2D eigenvalue weighted by atomic mass is 9.83. The molecule has 1 heterocycles. The molecule has 0 aromatic heterocycles. The lowest BCUT2D eigenvalue weighted by Crippen LogP contribution is -2.40. The van der Waals surface area contributed by atoms with E-state index < -0.39 is 5.60 Å². The van der Waals surface area contributed by atoms with Crippen molar-refractivity contribution in [3.63, 3.8) is 0 Å². The van der Waals surface area contributed by atoms with Crippen LogP contribution >= 0.6 is 12.4 Å². The molecule has 0 aliphatic carbocycles. The zero-order valence-electron chi connectivity index (χ0n) is 13.2. The van der Waals surface area contributed by atoms with Gasteiger partial charge in [0.1, 0.15) is 5.60 Å². The number of ether oxygens (including phenoxy) is 1. The van der Waals surface area contributed by atoms with Crippen molar-refractivity contribution in [1.82, 2.24) is 4.90 Å². The molecule has 1 N–H and O–H groups in total. The average molecular weight is 334 g/mol. The first-order valence-electron chi connectivity index (χ1n) is 7.92. The number of halogens is 1. The predicted molar refractivity (Wildman–Crippen MR) is 95.0 cm³/mol. The van der Waals surface area contributed by atoms with Gasteiger partial charge in [-0.1, -0.05) is 60.7 Å². The van der Waals surface area contributed by atoms with E-state index in [1.165, 1.54) is 0 Å². The first-order chi connectivity index (χ1) is 10.8. The molecule has 0 atom stereocenters. The van der Waals surface area contributed by atoms with E-state index in [0.717, 1.165) is 44.0 Å². The fraction of sp³-hybridized carbons (Fsp3) is 0.368. The lowest BCUT2D eigenvalue weighted by molar-refractivity contribution is 0.0143. The largest absolute Gasteiger partial charge is 0.380 e. The van der Waals surface area contributed by atoms with E-state index in [9.17, 15) is 5.11 Å². The van der Waals surface area contributed by atoms with Crippen LogP contribution in [0, 0.1) is 0 Å². The van der Waals surface area contributed by atoms with E-state index >= 15 is 0 Å². The van der Waals surface area contributed by atoms with Crippen molar-refractivity contribution >= 4 is 12.4 Å². The third-order valence-corrected chi connectivity index (χ3v) is 4.40.